The van der Waals surface area contributed by atoms with Gasteiger partial charge in [0.15, 0.2) is 10.7 Å². The molecule has 100 valence electrons. The maximum absolute atomic E-state index is 6.06. The minimum absolute atomic E-state index is 0.317. The zero-order valence-electron chi connectivity index (χ0n) is 10.6. The Labute approximate surface area is 122 Å². The molecule has 0 fully saturated rings. The van der Waals surface area contributed by atoms with Crippen molar-refractivity contribution in [2.75, 3.05) is 0 Å². The Morgan fingerprint density at radius 3 is 2.62 bits per heavy atom. The fourth-order valence-electron chi connectivity index (χ4n) is 2.77. The van der Waals surface area contributed by atoms with Gasteiger partial charge in [-0.3, -0.25) is 0 Å². The van der Waals surface area contributed by atoms with E-state index in [2.05, 4.69) is 9.97 Å². The lowest BCUT2D eigenvalue weighted by Crippen LogP contribution is -1.78. The molecule has 0 aliphatic rings. The van der Waals surface area contributed by atoms with E-state index in [0.29, 0.717) is 16.3 Å². The monoisotopic (exact) mass is 294 g/mol. The molecule has 0 saturated carbocycles. The standard InChI is InChI=1S/C16H7ClN2O2/c17-16-15-14(18-7-19-16)10-5-9-8-3-1-2-4-11(8)20-12(9)6-13(10)21-15/h1-7H. The molecule has 3 aromatic heterocycles. The molecule has 5 aromatic rings. The first-order chi connectivity index (χ1) is 10.3. The molecule has 0 unspecified atom stereocenters. The maximum Gasteiger partial charge on any atom is 0.191 e. The predicted octanol–water partition coefficient (Wildman–Crippen LogP) is 4.93. The van der Waals surface area contributed by atoms with Crippen LogP contribution in [0.3, 0.4) is 0 Å². The molecule has 0 amide bonds. The van der Waals surface area contributed by atoms with E-state index >= 15 is 0 Å². The van der Waals surface area contributed by atoms with Crippen LogP contribution >= 0.6 is 11.6 Å². The molecule has 0 spiro atoms. The zero-order valence-corrected chi connectivity index (χ0v) is 11.4. The van der Waals surface area contributed by atoms with Gasteiger partial charge in [0.25, 0.3) is 0 Å². The first-order valence-corrected chi connectivity index (χ1v) is 6.83. The van der Waals surface area contributed by atoms with Crippen LogP contribution in [0.2, 0.25) is 5.15 Å². The highest BCUT2D eigenvalue weighted by molar-refractivity contribution is 6.34. The van der Waals surface area contributed by atoms with Gasteiger partial charge < -0.3 is 8.83 Å². The SMILES string of the molecule is Clc1ncnc2c1oc1cc3oc4ccccc4c3cc12. The van der Waals surface area contributed by atoms with Crippen molar-refractivity contribution in [1.29, 1.82) is 0 Å². The Kier molecular flexibility index (Phi) is 1.98. The van der Waals surface area contributed by atoms with Crippen LogP contribution in [0.5, 0.6) is 0 Å². The van der Waals surface area contributed by atoms with Gasteiger partial charge >= 0.3 is 0 Å². The van der Waals surface area contributed by atoms with E-state index < -0.39 is 0 Å². The summed E-state index contributed by atoms with van der Waals surface area (Å²) < 4.78 is 11.6. The Bertz CT molecular complexity index is 1160. The molecule has 3 heterocycles. The molecule has 4 nitrogen and oxygen atoms in total. The molecule has 0 radical (unpaired) electrons. The lowest BCUT2D eigenvalue weighted by Gasteiger charge is -1.90. The first-order valence-electron chi connectivity index (χ1n) is 6.45. The molecule has 0 N–H and O–H groups in total. The van der Waals surface area contributed by atoms with Gasteiger partial charge in [-0.05, 0) is 12.1 Å². The smallest absolute Gasteiger partial charge is 0.191 e. The number of benzene rings is 2. The third-order valence-corrected chi connectivity index (χ3v) is 3.98. The average molecular weight is 295 g/mol. The van der Waals surface area contributed by atoms with Gasteiger partial charge in [0.1, 0.15) is 28.6 Å². The molecule has 0 aliphatic heterocycles. The largest absolute Gasteiger partial charge is 0.456 e. The van der Waals surface area contributed by atoms with Crippen molar-refractivity contribution in [2.24, 2.45) is 0 Å². The summed E-state index contributed by atoms with van der Waals surface area (Å²) in [5, 5.41) is 3.34. The molecule has 0 aliphatic carbocycles. The molecular formula is C16H7ClN2O2. The van der Waals surface area contributed by atoms with E-state index in [4.69, 9.17) is 20.4 Å². The van der Waals surface area contributed by atoms with Crippen LogP contribution < -0.4 is 0 Å². The molecule has 21 heavy (non-hydrogen) atoms. The summed E-state index contributed by atoms with van der Waals surface area (Å²) in [6.45, 7) is 0. The number of nitrogens with zero attached hydrogens (tertiary/aromatic N) is 2. The number of furan rings is 2. The number of hydrogen-bond acceptors (Lipinski definition) is 4. The second-order valence-electron chi connectivity index (χ2n) is 4.89. The van der Waals surface area contributed by atoms with Gasteiger partial charge in [0, 0.05) is 22.2 Å². The summed E-state index contributed by atoms with van der Waals surface area (Å²) in [7, 11) is 0. The van der Waals surface area contributed by atoms with Crippen molar-refractivity contribution in [2.45, 2.75) is 0 Å². The number of para-hydroxylation sites is 1. The normalized spacial score (nSPS) is 12.0. The first kappa shape index (κ1) is 11.1. The number of aromatic nitrogens is 2. The Hall–Kier alpha value is -2.59. The third kappa shape index (κ3) is 1.40. The second kappa shape index (κ2) is 3.74. The van der Waals surface area contributed by atoms with E-state index in [-0.39, 0.29) is 0 Å². The van der Waals surface area contributed by atoms with Gasteiger partial charge in [0.2, 0.25) is 0 Å². The summed E-state index contributed by atoms with van der Waals surface area (Å²) in [6.07, 6.45) is 1.44. The quantitative estimate of drug-likeness (QED) is 0.380. The van der Waals surface area contributed by atoms with E-state index in [1.165, 1.54) is 6.33 Å². The van der Waals surface area contributed by atoms with Gasteiger partial charge in [0.05, 0.1) is 0 Å². The minimum Gasteiger partial charge on any atom is -0.456 e. The van der Waals surface area contributed by atoms with Crippen LogP contribution in [-0.2, 0) is 0 Å². The summed E-state index contributed by atoms with van der Waals surface area (Å²) in [5.41, 5.74) is 3.56. The van der Waals surface area contributed by atoms with Crippen LogP contribution in [0.15, 0.2) is 51.6 Å². The fraction of sp³-hybridized carbons (Fsp3) is 0. The molecule has 2 aromatic carbocycles. The van der Waals surface area contributed by atoms with E-state index in [9.17, 15) is 0 Å². The third-order valence-electron chi connectivity index (χ3n) is 3.71. The van der Waals surface area contributed by atoms with Crippen LogP contribution in [0.25, 0.3) is 44.0 Å². The molecule has 0 bridgehead atoms. The minimum atomic E-state index is 0.317. The number of hydrogen-bond donors (Lipinski definition) is 0. The topological polar surface area (TPSA) is 52.1 Å². The van der Waals surface area contributed by atoms with Crippen molar-refractivity contribution in [3.05, 3.63) is 47.9 Å². The lowest BCUT2D eigenvalue weighted by atomic mass is 10.1. The van der Waals surface area contributed by atoms with Crippen LogP contribution in [0, 0.1) is 0 Å². The van der Waals surface area contributed by atoms with Crippen molar-refractivity contribution >= 4 is 55.6 Å². The highest BCUT2D eigenvalue weighted by atomic mass is 35.5. The maximum atomic E-state index is 6.06. The highest BCUT2D eigenvalue weighted by Gasteiger charge is 2.15. The van der Waals surface area contributed by atoms with Crippen molar-refractivity contribution in [1.82, 2.24) is 9.97 Å². The highest BCUT2D eigenvalue weighted by Crippen LogP contribution is 2.36. The number of rotatable bonds is 0. The predicted molar refractivity (Wildman–Crippen MR) is 81.6 cm³/mol. The Morgan fingerprint density at radius 2 is 1.67 bits per heavy atom. The lowest BCUT2D eigenvalue weighted by molar-refractivity contribution is 0.654. The van der Waals surface area contributed by atoms with Crippen molar-refractivity contribution < 1.29 is 8.83 Å². The molecule has 5 rings (SSSR count). The summed E-state index contributed by atoms with van der Waals surface area (Å²) >= 11 is 6.06. The van der Waals surface area contributed by atoms with Crippen LogP contribution in [0.1, 0.15) is 0 Å². The van der Waals surface area contributed by atoms with E-state index in [1.54, 1.807) is 0 Å². The van der Waals surface area contributed by atoms with Crippen LogP contribution in [0.4, 0.5) is 0 Å². The zero-order chi connectivity index (χ0) is 14.0. The number of halogens is 1. The van der Waals surface area contributed by atoms with E-state index in [1.807, 2.05) is 36.4 Å². The van der Waals surface area contributed by atoms with Gasteiger partial charge in [-0.1, -0.05) is 29.8 Å². The molecule has 0 atom stereocenters. The molecular weight excluding hydrogens is 288 g/mol. The van der Waals surface area contributed by atoms with Crippen molar-refractivity contribution in [3.8, 4) is 0 Å². The summed E-state index contributed by atoms with van der Waals surface area (Å²) in [4.78, 5) is 8.23. The Balaban J connectivity index is 2.04. The summed E-state index contributed by atoms with van der Waals surface area (Å²) in [6, 6.07) is 11.9. The molecule has 5 heteroatoms. The Morgan fingerprint density at radius 1 is 0.810 bits per heavy atom. The second-order valence-corrected chi connectivity index (χ2v) is 5.25. The van der Waals surface area contributed by atoms with Gasteiger partial charge in [-0.15, -0.1) is 0 Å². The van der Waals surface area contributed by atoms with Gasteiger partial charge in [-0.25, -0.2) is 9.97 Å². The van der Waals surface area contributed by atoms with E-state index in [0.717, 1.165) is 32.8 Å². The number of fused-ring (bicyclic) bond motifs is 6. The van der Waals surface area contributed by atoms with Crippen molar-refractivity contribution in [3.63, 3.8) is 0 Å². The fourth-order valence-corrected chi connectivity index (χ4v) is 2.94. The summed E-state index contributed by atoms with van der Waals surface area (Å²) in [5.74, 6) is 0. The molecule has 0 saturated heterocycles. The van der Waals surface area contributed by atoms with Gasteiger partial charge in [-0.2, -0.15) is 0 Å². The average Bonchev–Trinajstić information content (AvgIpc) is 3.04. The van der Waals surface area contributed by atoms with Crippen LogP contribution in [-0.4, -0.2) is 9.97 Å².